The average Bonchev–Trinajstić information content (AvgIpc) is 3.33. The summed E-state index contributed by atoms with van der Waals surface area (Å²) in [7, 11) is -3.82. The molecule has 9 heteroatoms. The fraction of sp³-hybridized carbons (Fsp3) is 0.269. The monoisotopic (exact) mass is 494 g/mol. The van der Waals surface area contributed by atoms with E-state index in [0.29, 0.717) is 29.9 Å². The van der Waals surface area contributed by atoms with E-state index >= 15 is 0 Å². The highest BCUT2D eigenvalue weighted by Gasteiger charge is 2.27. The lowest BCUT2D eigenvalue weighted by Crippen LogP contribution is -3.13. The van der Waals surface area contributed by atoms with Crippen LogP contribution in [0, 0.1) is 6.92 Å². The summed E-state index contributed by atoms with van der Waals surface area (Å²) in [5, 5.41) is 0. The molecule has 0 aromatic heterocycles. The van der Waals surface area contributed by atoms with Gasteiger partial charge in [-0.1, -0.05) is 24.3 Å². The van der Waals surface area contributed by atoms with Crippen LogP contribution in [0.1, 0.15) is 21.5 Å². The van der Waals surface area contributed by atoms with Crippen molar-refractivity contribution in [1.29, 1.82) is 0 Å². The number of hydrogen-bond donors (Lipinski definition) is 2. The molecule has 1 saturated heterocycles. The highest BCUT2D eigenvalue weighted by Crippen LogP contribution is 2.32. The second kappa shape index (κ2) is 9.59. The van der Waals surface area contributed by atoms with Crippen molar-refractivity contribution in [2.75, 3.05) is 37.7 Å². The fourth-order valence-electron chi connectivity index (χ4n) is 4.46. The minimum atomic E-state index is -3.82. The molecule has 1 fully saturated rings. The van der Waals surface area contributed by atoms with Gasteiger partial charge in [-0.2, -0.15) is 0 Å². The first-order valence-electron chi connectivity index (χ1n) is 11.6. The Kier molecular flexibility index (Phi) is 6.36. The molecule has 2 aliphatic rings. The van der Waals surface area contributed by atoms with Crippen LogP contribution in [0.3, 0.4) is 0 Å². The van der Waals surface area contributed by atoms with E-state index in [1.54, 1.807) is 48.2 Å². The van der Waals surface area contributed by atoms with Crippen LogP contribution in [-0.4, -0.2) is 52.2 Å². The van der Waals surface area contributed by atoms with Crippen molar-refractivity contribution in [3.63, 3.8) is 0 Å². The first-order chi connectivity index (χ1) is 16.9. The van der Waals surface area contributed by atoms with Crippen molar-refractivity contribution in [1.82, 2.24) is 4.90 Å². The second-order valence-electron chi connectivity index (χ2n) is 8.86. The van der Waals surface area contributed by atoms with Crippen molar-refractivity contribution in [2.45, 2.75) is 18.4 Å². The Morgan fingerprint density at radius 3 is 2.49 bits per heavy atom. The van der Waals surface area contributed by atoms with Crippen LogP contribution in [0.25, 0.3) is 0 Å². The molecule has 0 aliphatic carbocycles. The molecule has 0 atom stereocenters. The normalized spacial score (nSPS) is 15.7. The summed E-state index contributed by atoms with van der Waals surface area (Å²) in [6.45, 7) is 5.67. The summed E-state index contributed by atoms with van der Waals surface area (Å²) in [5.41, 5.74) is 2.61. The zero-order chi connectivity index (χ0) is 24.4. The molecule has 1 amide bonds. The molecule has 0 bridgehead atoms. The number of anilines is 1. The van der Waals surface area contributed by atoms with Gasteiger partial charge in [0, 0.05) is 16.8 Å². The summed E-state index contributed by atoms with van der Waals surface area (Å²) in [6, 6.07) is 19.6. The van der Waals surface area contributed by atoms with E-state index in [2.05, 4.69) is 10.8 Å². The second-order valence-corrected chi connectivity index (χ2v) is 10.5. The molecule has 0 unspecified atom stereocenters. The molecule has 182 valence electrons. The topological polar surface area (TPSA) is 89.4 Å². The van der Waals surface area contributed by atoms with Gasteiger partial charge in [-0.25, -0.2) is 8.42 Å². The zero-order valence-electron chi connectivity index (χ0n) is 19.5. The third-order valence-electron chi connectivity index (χ3n) is 6.40. The van der Waals surface area contributed by atoms with Crippen LogP contribution in [0.15, 0.2) is 71.6 Å². The van der Waals surface area contributed by atoms with Crippen LogP contribution in [-0.2, 0) is 16.6 Å². The quantitative estimate of drug-likeness (QED) is 0.548. The summed E-state index contributed by atoms with van der Waals surface area (Å²) >= 11 is 0. The van der Waals surface area contributed by atoms with E-state index in [0.717, 1.165) is 31.1 Å². The van der Waals surface area contributed by atoms with E-state index in [4.69, 9.17) is 9.47 Å². The van der Waals surface area contributed by atoms with Crippen molar-refractivity contribution >= 4 is 21.6 Å². The van der Waals surface area contributed by atoms with Gasteiger partial charge in [-0.15, -0.1) is 0 Å². The molecule has 2 heterocycles. The number of amides is 1. The summed E-state index contributed by atoms with van der Waals surface area (Å²) in [6.07, 6.45) is 0. The maximum Gasteiger partial charge on any atom is 0.262 e. The number of nitrogens with zero attached hydrogens (tertiary/aromatic N) is 1. The van der Waals surface area contributed by atoms with Crippen molar-refractivity contribution in [2.24, 2.45) is 0 Å². The van der Waals surface area contributed by atoms with Gasteiger partial charge in [-0.3, -0.25) is 9.52 Å². The predicted molar refractivity (Wildman–Crippen MR) is 131 cm³/mol. The van der Waals surface area contributed by atoms with E-state index in [1.807, 2.05) is 18.2 Å². The van der Waals surface area contributed by atoms with Gasteiger partial charge >= 0.3 is 0 Å². The highest BCUT2D eigenvalue weighted by atomic mass is 32.2. The largest absolute Gasteiger partial charge is 0.454 e. The molecule has 0 saturated carbocycles. The number of carbonyl (C=O) groups excluding carboxylic acids is 1. The van der Waals surface area contributed by atoms with E-state index < -0.39 is 10.0 Å². The van der Waals surface area contributed by atoms with Gasteiger partial charge in [0.05, 0.1) is 31.1 Å². The molecule has 0 radical (unpaired) electrons. The number of aryl methyl sites for hydroxylation is 1. The maximum atomic E-state index is 13.2. The maximum absolute atomic E-state index is 13.2. The van der Waals surface area contributed by atoms with E-state index in [1.165, 1.54) is 16.5 Å². The highest BCUT2D eigenvalue weighted by molar-refractivity contribution is 7.92. The van der Waals surface area contributed by atoms with Crippen molar-refractivity contribution in [3.8, 4) is 11.5 Å². The Balaban J connectivity index is 1.24. The number of nitrogens with one attached hydrogen (secondary N) is 2. The number of sulfonamides is 1. The number of ether oxygens (including phenoxy) is 2. The standard InChI is InChI=1S/C26H27N3O5S/c1-19-7-9-21(16-25(19)35(31,32)27-22-5-3-2-4-6-22)26(30)29-13-11-28(12-14-29)17-20-8-10-23-24(15-20)34-18-33-23/h2-10,15-16,27H,11-14,17-18H2,1H3/p+1. The molecule has 3 aromatic rings. The Bertz CT molecular complexity index is 1340. The van der Waals surface area contributed by atoms with Gasteiger partial charge in [-0.05, 0) is 55.0 Å². The van der Waals surface area contributed by atoms with Crippen LogP contribution < -0.4 is 19.1 Å². The minimum absolute atomic E-state index is 0.110. The molecule has 8 nitrogen and oxygen atoms in total. The summed E-state index contributed by atoms with van der Waals surface area (Å²) in [5.74, 6) is 1.41. The van der Waals surface area contributed by atoms with E-state index in [-0.39, 0.29) is 17.6 Å². The molecule has 2 aliphatic heterocycles. The van der Waals surface area contributed by atoms with Crippen LogP contribution in [0.4, 0.5) is 5.69 Å². The Morgan fingerprint density at radius 2 is 1.71 bits per heavy atom. The molecule has 5 rings (SSSR count). The van der Waals surface area contributed by atoms with Gasteiger partial charge in [0.2, 0.25) is 6.79 Å². The smallest absolute Gasteiger partial charge is 0.262 e. The molecule has 2 N–H and O–H groups in total. The van der Waals surface area contributed by atoms with Crippen LogP contribution in [0.5, 0.6) is 11.5 Å². The van der Waals surface area contributed by atoms with Crippen LogP contribution in [0.2, 0.25) is 0 Å². The SMILES string of the molecule is Cc1ccc(C(=O)N2CC[NH+](Cc3ccc4c(c3)OCO4)CC2)cc1S(=O)(=O)Nc1ccccc1. The number of quaternary nitrogens is 1. The van der Waals surface area contributed by atoms with Gasteiger partial charge in [0.15, 0.2) is 11.5 Å². The molecular weight excluding hydrogens is 466 g/mol. The first kappa shape index (κ1) is 23.2. The molecule has 35 heavy (non-hydrogen) atoms. The number of para-hydroxylation sites is 1. The predicted octanol–water partition coefficient (Wildman–Crippen LogP) is 2.07. The molecule has 3 aromatic carbocycles. The lowest BCUT2D eigenvalue weighted by atomic mass is 10.1. The summed E-state index contributed by atoms with van der Waals surface area (Å²) in [4.78, 5) is 16.5. The number of fused-ring (bicyclic) bond motifs is 1. The third-order valence-corrected chi connectivity index (χ3v) is 7.92. The minimum Gasteiger partial charge on any atom is -0.454 e. The number of carbonyl (C=O) groups is 1. The van der Waals surface area contributed by atoms with Crippen LogP contribution >= 0.6 is 0 Å². The lowest BCUT2D eigenvalue weighted by Gasteiger charge is -2.32. The lowest BCUT2D eigenvalue weighted by molar-refractivity contribution is -0.917. The van der Waals surface area contributed by atoms with Gasteiger partial charge in [0.1, 0.15) is 6.54 Å². The fourth-order valence-corrected chi connectivity index (χ4v) is 5.79. The van der Waals surface area contributed by atoms with Crippen molar-refractivity contribution in [3.05, 3.63) is 83.4 Å². The number of rotatable bonds is 6. The number of piperazine rings is 1. The Hall–Kier alpha value is -3.56. The average molecular weight is 495 g/mol. The Labute approximate surface area is 205 Å². The number of hydrogen-bond acceptors (Lipinski definition) is 5. The summed E-state index contributed by atoms with van der Waals surface area (Å²) < 4.78 is 39.4. The molecular formula is C26H28N3O5S+. The van der Waals surface area contributed by atoms with Crippen molar-refractivity contribution < 1.29 is 27.6 Å². The number of benzene rings is 3. The first-order valence-corrected chi connectivity index (χ1v) is 13.1. The van der Waals surface area contributed by atoms with Gasteiger partial charge in [0.25, 0.3) is 15.9 Å². The molecule has 0 spiro atoms. The van der Waals surface area contributed by atoms with Gasteiger partial charge < -0.3 is 19.3 Å². The third kappa shape index (κ3) is 5.11. The van der Waals surface area contributed by atoms with E-state index in [9.17, 15) is 13.2 Å². The Morgan fingerprint density at radius 1 is 0.971 bits per heavy atom. The zero-order valence-corrected chi connectivity index (χ0v) is 20.3.